The first-order chi connectivity index (χ1) is 8.23. The number of carbonyl (C=O) groups excluding carboxylic acids is 1. The molecule has 0 aliphatic rings. The van der Waals surface area contributed by atoms with E-state index in [1.807, 2.05) is 0 Å². The van der Waals surface area contributed by atoms with Gasteiger partial charge in [0, 0.05) is 6.08 Å². The molecule has 0 saturated carbocycles. The zero-order valence-electron chi connectivity index (χ0n) is 9.70. The second-order valence-electron chi connectivity index (χ2n) is 3.24. The predicted molar refractivity (Wildman–Crippen MR) is 69.7 cm³/mol. The number of esters is 1. The third-order valence-electron chi connectivity index (χ3n) is 1.92. The second-order valence-corrected chi connectivity index (χ2v) is 4.84. The van der Waals surface area contributed by atoms with Gasteiger partial charge < -0.3 is 9.84 Å². The molecular weight excluding hydrogens is 287 g/mol. The van der Waals surface area contributed by atoms with Gasteiger partial charge in [-0.2, -0.15) is 8.42 Å². The van der Waals surface area contributed by atoms with Crippen LogP contribution < -0.4 is 0 Å². The quantitative estimate of drug-likeness (QED) is 0.219. The molecule has 0 fully saturated rings. The van der Waals surface area contributed by atoms with Crippen LogP contribution in [0.4, 0.5) is 0 Å². The van der Waals surface area contributed by atoms with E-state index in [2.05, 4.69) is 11.3 Å². The van der Waals surface area contributed by atoms with Gasteiger partial charge in [-0.3, -0.25) is 4.55 Å². The van der Waals surface area contributed by atoms with Gasteiger partial charge in [-0.05, 0) is 6.42 Å². The summed E-state index contributed by atoms with van der Waals surface area (Å²) in [4.78, 5) is 22.1. The predicted octanol–water partition coefficient (Wildman–Crippen LogP) is -0.256. The number of carboxylic acids is 1. The van der Waals surface area contributed by atoms with Crippen LogP contribution in [0.1, 0.15) is 13.3 Å². The van der Waals surface area contributed by atoms with E-state index in [4.69, 9.17) is 9.66 Å². The van der Waals surface area contributed by atoms with E-state index in [1.165, 1.54) is 13.0 Å². The van der Waals surface area contributed by atoms with Gasteiger partial charge in [0.15, 0.2) is 0 Å². The average molecular weight is 302 g/mol. The molecule has 7 nitrogen and oxygen atoms in total. The first-order valence-electron chi connectivity index (χ1n) is 4.92. The zero-order valence-corrected chi connectivity index (χ0v) is 10.5. The van der Waals surface area contributed by atoms with Crippen LogP contribution in [0, 0.1) is 0 Å². The fourth-order valence-corrected chi connectivity index (χ4v) is 2.13. The van der Waals surface area contributed by atoms with Gasteiger partial charge in [-0.1, -0.05) is 19.6 Å². The Morgan fingerprint density at radius 3 is 2.26 bits per heavy atom. The third kappa shape index (κ3) is 7.48. The maximum absolute atomic E-state index is 11.5. The molecule has 1 unspecified atom stereocenters. The van der Waals surface area contributed by atoms with Gasteiger partial charge in [-0.15, -0.1) is 0 Å². The van der Waals surface area contributed by atoms with Gasteiger partial charge in [0.05, 0.1) is 5.57 Å². The molecule has 0 heterocycles. The second kappa shape index (κ2) is 9.27. The first-order valence-corrected chi connectivity index (χ1v) is 6.43. The van der Waals surface area contributed by atoms with E-state index >= 15 is 0 Å². The van der Waals surface area contributed by atoms with Crippen LogP contribution in [0.25, 0.3) is 0 Å². The van der Waals surface area contributed by atoms with Gasteiger partial charge in [0.2, 0.25) is 0 Å². The first kappa shape index (κ1) is 20.6. The summed E-state index contributed by atoms with van der Waals surface area (Å²) in [5.74, 6) is -2.63. The van der Waals surface area contributed by atoms with Gasteiger partial charge >= 0.3 is 41.5 Å². The molecule has 0 aliphatic heterocycles. The summed E-state index contributed by atoms with van der Waals surface area (Å²) in [5.41, 5.74) is -0.630. The number of carboxylic acid groups (broad SMARTS) is 1. The topological polar surface area (TPSA) is 118 Å². The molecule has 104 valence electrons. The molecule has 0 spiro atoms. The molecule has 0 amide bonds. The molecule has 0 aromatic carbocycles. The monoisotopic (exact) mass is 302 g/mol. The number of carbonyl (C=O) groups is 2. The average Bonchev–Trinajstić information content (AvgIpc) is 2.23. The maximum atomic E-state index is 11.5. The van der Waals surface area contributed by atoms with E-state index in [0.717, 1.165) is 0 Å². The molecule has 0 aromatic heterocycles. The van der Waals surface area contributed by atoms with Crippen LogP contribution in [-0.2, 0) is 24.4 Å². The number of aliphatic carboxylic acids is 1. The number of rotatable bonds is 7. The van der Waals surface area contributed by atoms with E-state index in [-0.39, 0.29) is 42.6 Å². The Labute approximate surface area is 133 Å². The van der Waals surface area contributed by atoms with Gasteiger partial charge in [0.25, 0.3) is 10.1 Å². The van der Waals surface area contributed by atoms with Crippen LogP contribution in [0.2, 0.25) is 0 Å². The molecule has 0 bridgehead atoms. The molecule has 0 saturated heterocycles. The van der Waals surface area contributed by atoms with E-state index < -0.39 is 32.9 Å². The number of ether oxygens (including phenoxy) is 1. The van der Waals surface area contributed by atoms with Crippen molar-refractivity contribution in [3.05, 3.63) is 24.3 Å². The third-order valence-corrected chi connectivity index (χ3v) is 3.23. The summed E-state index contributed by atoms with van der Waals surface area (Å²) in [6, 6.07) is 0. The van der Waals surface area contributed by atoms with Gasteiger partial charge in [0.1, 0.15) is 11.9 Å². The van der Waals surface area contributed by atoms with Crippen molar-refractivity contribution in [2.24, 2.45) is 0 Å². The van der Waals surface area contributed by atoms with Crippen molar-refractivity contribution in [2.75, 3.05) is 6.61 Å². The standard InChI is InChI=1S/C10H14O7S.Na.H/c1-3-5-17-10(13)7(6-9(11)12)8(4-2)18(14,15)16;;/h3,6,8H,1,4-5H2,2H3,(H,11,12)(H,14,15,16);;. The minimum atomic E-state index is -4.59. The molecule has 2 N–H and O–H groups in total. The summed E-state index contributed by atoms with van der Waals surface area (Å²) < 4.78 is 35.6. The van der Waals surface area contributed by atoms with Crippen LogP contribution in [0.5, 0.6) is 0 Å². The Hall–Kier alpha value is -0.670. The SMILES string of the molecule is C=CCOC(=O)C(=CC(=O)O)C(CC)S(=O)(=O)O.[NaH]. The number of hydrogen-bond acceptors (Lipinski definition) is 5. The van der Waals surface area contributed by atoms with Crippen molar-refractivity contribution in [2.45, 2.75) is 18.6 Å². The molecule has 9 heteroatoms. The van der Waals surface area contributed by atoms with Crippen molar-refractivity contribution >= 4 is 51.6 Å². The molecular formula is C10H15NaO7S. The van der Waals surface area contributed by atoms with Gasteiger partial charge in [-0.25, -0.2) is 9.59 Å². The van der Waals surface area contributed by atoms with Crippen molar-refractivity contribution in [1.29, 1.82) is 0 Å². The van der Waals surface area contributed by atoms with E-state index in [0.29, 0.717) is 6.08 Å². The summed E-state index contributed by atoms with van der Waals surface area (Å²) in [7, 11) is -4.59. The molecule has 0 aromatic rings. The van der Waals surface area contributed by atoms with Crippen molar-refractivity contribution < 1.29 is 32.4 Å². The Bertz CT molecular complexity index is 466. The molecule has 19 heavy (non-hydrogen) atoms. The molecule has 0 radical (unpaired) electrons. The molecule has 0 rings (SSSR count). The normalized spacial score (nSPS) is 13.1. The van der Waals surface area contributed by atoms with Crippen LogP contribution in [0.15, 0.2) is 24.3 Å². The van der Waals surface area contributed by atoms with Crippen LogP contribution >= 0.6 is 0 Å². The summed E-state index contributed by atoms with van der Waals surface area (Å²) >= 11 is 0. The minimum absolute atomic E-state index is 0. The summed E-state index contributed by atoms with van der Waals surface area (Å²) in [6.07, 6.45) is 1.49. The fraction of sp³-hybridized carbons (Fsp3) is 0.400. The van der Waals surface area contributed by atoms with E-state index in [9.17, 15) is 18.0 Å². The van der Waals surface area contributed by atoms with Crippen molar-refractivity contribution in [3.63, 3.8) is 0 Å². The Morgan fingerprint density at radius 2 is 1.95 bits per heavy atom. The van der Waals surface area contributed by atoms with E-state index in [1.54, 1.807) is 0 Å². The van der Waals surface area contributed by atoms with Crippen LogP contribution in [0.3, 0.4) is 0 Å². The Balaban J connectivity index is 0. The molecule has 0 aliphatic carbocycles. The fourth-order valence-electron chi connectivity index (χ4n) is 1.23. The zero-order chi connectivity index (χ0) is 14.3. The van der Waals surface area contributed by atoms with Crippen molar-refractivity contribution in [3.8, 4) is 0 Å². The van der Waals surface area contributed by atoms with Crippen LogP contribution in [-0.4, -0.2) is 71.4 Å². The molecule has 1 atom stereocenters. The van der Waals surface area contributed by atoms with Crippen molar-refractivity contribution in [1.82, 2.24) is 0 Å². The summed E-state index contributed by atoms with van der Waals surface area (Å²) in [5, 5.41) is 6.95. The number of hydrogen-bond donors (Lipinski definition) is 2. The Kier molecular flexibility index (Phi) is 10.1. The Morgan fingerprint density at radius 1 is 1.42 bits per heavy atom. The summed E-state index contributed by atoms with van der Waals surface area (Å²) in [6.45, 7) is 4.47.